The van der Waals surface area contributed by atoms with E-state index in [0.29, 0.717) is 28.1 Å². The van der Waals surface area contributed by atoms with Crippen molar-refractivity contribution in [3.63, 3.8) is 0 Å². The Labute approximate surface area is 151 Å². The predicted molar refractivity (Wildman–Crippen MR) is 96.9 cm³/mol. The highest BCUT2D eigenvalue weighted by atomic mass is 79.9. The molecule has 0 spiro atoms. The average molecular weight is 393 g/mol. The highest BCUT2D eigenvalue weighted by Crippen LogP contribution is 2.30. The SMILES string of the molecule is O=C([O-])c1cc(-c2ccc(-c3ccccc3)o2)nc2ccc(Br)cc12. The maximum atomic E-state index is 11.6. The predicted octanol–water partition coefficient (Wildman–Crippen LogP) is 4.29. The molecule has 0 fully saturated rings. The smallest absolute Gasteiger partial charge is 0.153 e. The molecule has 4 aromatic rings. The van der Waals surface area contributed by atoms with Crippen molar-refractivity contribution in [3.8, 4) is 22.8 Å². The number of benzene rings is 2. The normalized spacial score (nSPS) is 10.9. The highest BCUT2D eigenvalue weighted by Gasteiger charge is 2.12. The second kappa shape index (κ2) is 6.18. The highest BCUT2D eigenvalue weighted by molar-refractivity contribution is 9.10. The minimum atomic E-state index is -1.25. The first-order valence-corrected chi connectivity index (χ1v) is 8.38. The summed E-state index contributed by atoms with van der Waals surface area (Å²) in [6.07, 6.45) is 0. The minimum absolute atomic E-state index is 0.0824. The van der Waals surface area contributed by atoms with Gasteiger partial charge in [0.05, 0.1) is 11.5 Å². The standard InChI is InChI=1S/C20H12BrNO3/c21-13-6-7-16-14(10-13)15(20(23)24)11-17(22-16)19-9-8-18(25-19)12-4-2-1-3-5-12/h1-11H,(H,23,24)/p-1. The van der Waals surface area contributed by atoms with E-state index >= 15 is 0 Å². The van der Waals surface area contributed by atoms with Crippen molar-refractivity contribution >= 4 is 32.8 Å². The Kier molecular flexibility index (Phi) is 3.86. The van der Waals surface area contributed by atoms with E-state index in [2.05, 4.69) is 20.9 Å². The third-order valence-corrected chi connectivity index (χ3v) is 4.40. The molecule has 0 saturated carbocycles. The van der Waals surface area contributed by atoms with E-state index < -0.39 is 5.97 Å². The molecule has 0 aliphatic heterocycles. The Morgan fingerprint density at radius 1 is 0.960 bits per heavy atom. The molecule has 2 aromatic carbocycles. The van der Waals surface area contributed by atoms with Gasteiger partial charge in [-0.2, -0.15) is 0 Å². The first-order valence-electron chi connectivity index (χ1n) is 7.59. The number of furan rings is 1. The molecule has 0 atom stereocenters. The van der Waals surface area contributed by atoms with Crippen LogP contribution in [-0.4, -0.2) is 11.0 Å². The minimum Gasteiger partial charge on any atom is -0.545 e. The zero-order valence-corrected chi connectivity index (χ0v) is 14.5. The first-order chi connectivity index (χ1) is 12.1. The van der Waals surface area contributed by atoms with Gasteiger partial charge in [-0.05, 0) is 36.4 Å². The van der Waals surface area contributed by atoms with Crippen molar-refractivity contribution in [3.05, 3.63) is 76.8 Å². The number of hydrogen-bond donors (Lipinski definition) is 0. The Morgan fingerprint density at radius 3 is 2.48 bits per heavy atom. The molecule has 5 heteroatoms. The molecule has 0 radical (unpaired) electrons. The van der Waals surface area contributed by atoms with Crippen LogP contribution in [0.3, 0.4) is 0 Å². The van der Waals surface area contributed by atoms with Crippen molar-refractivity contribution in [1.29, 1.82) is 0 Å². The van der Waals surface area contributed by atoms with E-state index in [9.17, 15) is 9.90 Å². The van der Waals surface area contributed by atoms with Crippen molar-refractivity contribution in [2.24, 2.45) is 0 Å². The van der Waals surface area contributed by atoms with Crippen LogP contribution in [0.5, 0.6) is 0 Å². The zero-order chi connectivity index (χ0) is 17.4. The first kappa shape index (κ1) is 15.6. The number of hydrogen-bond acceptors (Lipinski definition) is 4. The van der Waals surface area contributed by atoms with Crippen LogP contribution in [0.1, 0.15) is 10.4 Å². The van der Waals surface area contributed by atoms with Gasteiger partial charge in [0.15, 0.2) is 5.76 Å². The summed E-state index contributed by atoms with van der Waals surface area (Å²) in [5, 5.41) is 12.1. The van der Waals surface area contributed by atoms with Gasteiger partial charge in [0, 0.05) is 21.0 Å². The Balaban J connectivity index is 1.86. The van der Waals surface area contributed by atoms with Crippen LogP contribution >= 0.6 is 15.9 Å². The molecule has 2 aromatic heterocycles. The Hall–Kier alpha value is -2.92. The lowest BCUT2D eigenvalue weighted by Crippen LogP contribution is -2.22. The fourth-order valence-electron chi connectivity index (χ4n) is 2.73. The fourth-order valence-corrected chi connectivity index (χ4v) is 3.09. The molecule has 0 saturated heterocycles. The molecule has 0 N–H and O–H groups in total. The molecule has 0 bridgehead atoms. The molecular formula is C20H11BrNO3-. The van der Waals surface area contributed by atoms with Crippen molar-refractivity contribution in [2.75, 3.05) is 0 Å². The van der Waals surface area contributed by atoms with Gasteiger partial charge in [0.1, 0.15) is 11.5 Å². The largest absolute Gasteiger partial charge is 0.545 e. The van der Waals surface area contributed by atoms with Crippen LogP contribution in [0.4, 0.5) is 0 Å². The van der Waals surface area contributed by atoms with Crippen molar-refractivity contribution in [2.45, 2.75) is 0 Å². The van der Waals surface area contributed by atoms with Gasteiger partial charge in [-0.3, -0.25) is 0 Å². The van der Waals surface area contributed by atoms with Crippen molar-refractivity contribution in [1.82, 2.24) is 4.98 Å². The van der Waals surface area contributed by atoms with Crippen LogP contribution < -0.4 is 5.11 Å². The molecule has 4 rings (SSSR count). The van der Waals surface area contributed by atoms with Gasteiger partial charge >= 0.3 is 0 Å². The van der Waals surface area contributed by atoms with Gasteiger partial charge in [-0.15, -0.1) is 0 Å². The summed E-state index contributed by atoms with van der Waals surface area (Å²) in [5.41, 5.74) is 2.05. The summed E-state index contributed by atoms with van der Waals surface area (Å²) in [7, 11) is 0. The zero-order valence-electron chi connectivity index (χ0n) is 12.9. The van der Waals surface area contributed by atoms with Gasteiger partial charge in [-0.1, -0.05) is 46.3 Å². The number of aromatic nitrogens is 1. The molecule has 4 nitrogen and oxygen atoms in total. The number of carboxylic acid groups (broad SMARTS) is 1. The van der Waals surface area contributed by atoms with Crippen LogP contribution in [0.25, 0.3) is 33.7 Å². The number of halogens is 1. The maximum Gasteiger partial charge on any atom is 0.153 e. The molecule has 0 aliphatic rings. The number of carbonyl (C=O) groups excluding carboxylic acids is 1. The summed E-state index contributed by atoms with van der Waals surface area (Å²) in [6, 6.07) is 20.1. The number of carboxylic acids is 1. The van der Waals surface area contributed by atoms with Crippen LogP contribution in [-0.2, 0) is 0 Å². The van der Waals surface area contributed by atoms with E-state index in [-0.39, 0.29) is 5.56 Å². The van der Waals surface area contributed by atoms with E-state index in [1.54, 1.807) is 18.2 Å². The molecule has 122 valence electrons. The Bertz CT molecular complexity index is 1090. The lowest BCUT2D eigenvalue weighted by atomic mass is 10.1. The maximum absolute atomic E-state index is 11.6. The quantitative estimate of drug-likeness (QED) is 0.521. The van der Waals surface area contributed by atoms with E-state index in [4.69, 9.17) is 4.42 Å². The summed E-state index contributed by atoms with van der Waals surface area (Å²) in [6.45, 7) is 0. The third-order valence-electron chi connectivity index (χ3n) is 3.91. The topological polar surface area (TPSA) is 66.2 Å². The second-order valence-corrected chi connectivity index (χ2v) is 6.45. The molecule has 0 amide bonds. The summed E-state index contributed by atoms with van der Waals surface area (Å²) >= 11 is 3.35. The number of fused-ring (bicyclic) bond motifs is 1. The van der Waals surface area contributed by atoms with Gasteiger partial charge in [-0.25, -0.2) is 4.98 Å². The van der Waals surface area contributed by atoms with Crippen LogP contribution in [0, 0.1) is 0 Å². The monoisotopic (exact) mass is 392 g/mol. The Morgan fingerprint density at radius 2 is 1.72 bits per heavy atom. The lowest BCUT2D eigenvalue weighted by molar-refractivity contribution is -0.254. The van der Waals surface area contributed by atoms with Gasteiger partial charge in [0.25, 0.3) is 0 Å². The molecule has 25 heavy (non-hydrogen) atoms. The van der Waals surface area contributed by atoms with Crippen molar-refractivity contribution < 1.29 is 14.3 Å². The molecule has 0 aliphatic carbocycles. The number of carbonyl (C=O) groups is 1. The second-order valence-electron chi connectivity index (χ2n) is 5.53. The van der Waals surface area contributed by atoms with E-state index in [0.717, 1.165) is 10.0 Å². The molecular weight excluding hydrogens is 382 g/mol. The number of pyridine rings is 1. The number of nitrogens with zero attached hydrogens (tertiary/aromatic N) is 1. The number of rotatable bonds is 3. The third kappa shape index (κ3) is 2.94. The van der Waals surface area contributed by atoms with Gasteiger partial charge in [0.2, 0.25) is 0 Å². The van der Waals surface area contributed by atoms with Gasteiger partial charge < -0.3 is 14.3 Å². The van der Waals surface area contributed by atoms with Crippen LogP contribution in [0.2, 0.25) is 0 Å². The summed E-state index contributed by atoms with van der Waals surface area (Å²) in [4.78, 5) is 16.1. The van der Waals surface area contributed by atoms with E-state index in [1.807, 2.05) is 42.5 Å². The summed E-state index contributed by atoms with van der Waals surface area (Å²) < 4.78 is 6.66. The fraction of sp³-hybridized carbons (Fsp3) is 0. The average Bonchev–Trinajstić information content (AvgIpc) is 3.11. The summed E-state index contributed by atoms with van der Waals surface area (Å²) in [5.74, 6) is -0.0453. The molecule has 0 unspecified atom stereocenters. The lowest BCUT2D eigenvalue weighted by Gasteiger charge is -2.09. The van der Waals surface area contributed by atoms with E-state index in [1.165, 1.54) is 6.07 Å². The number of aromatic carboxylic acids is 1. The van der Waals surface area contributed by atoms with Crippen LogP contribution in [0.15, 0.2) is 75.6 Å². The molecule has 2 heterocycles.